The van der Waals surface area contributed by atoms with Crippen LogP contribution in [0.5, 0.6) is 5.75 Å². The van der Waals surface area contributed by atoms with Crippen molar-refractivity contribution in [3.8, 4) is 5.75 Å². The molecule has 0 amide bonds. The van der Waals surface area contributed by atoms with Crippen molar-refractivity contribution in [3.05, 3.63) is 113 Å². The number of aromatic nitrogens is 2. The number of imidazole rings is 1. The summed E-state index contributed by atoms with van der Waals surface area (Å²) >= 11 is 6.02. The molecule has 1 heterocycles. The monoisotopic (exact) mass is 535 g/mol. The molecule has 0 saturated carbocycles. The third-order valence-electron chi connectivity index (χ3n) is 6.44. The number of benzene rings is 3. The molecule has 1 unspecified atom stereocenters. The number of nitrogens with one attached hydrogen (secondary N) is 1. The SMILES string of the molecule is O=C1CCCc2c1ccc(OC(Cn1ccnc1)c1ccccc1)c2CNS(=O)(=O)c1cccc(Cl)c1. The molecule has 0 radical (unpaired) electrons. The van der Waals surface area contributed by atoms with Crippen LogP contribution in [-0.4, -0.2) is 23.8 Å². The average molecular weight is 536 g/mol. The lowest BCUT2D eigenvalue weighted by molar-refractivity contribution is 0.0972. The van der Waals surface area contributed by atoms with E-state index in [-0.39, 0.29) is 23.3 Å². The maximum Gasteiger partial charge on any atom is 0.240 e. The van der Waals surface area contributed by atoms with E-state index in [0.29, 0.717) is 47.7 Å². The predicted molar refractivity (Wildman–Crippen MR) is 141 cm³/mol. The minimum Gasteiger partial charge on any atom is -0.484 e. The highest BCUT2D eigenvalue weighted by atomic mass is 35.5. The zero-order valence-corrected chi connectivity index (χ0v) is 21.6. The van der Waals surface area contributed by atoms with Crippen LogP contribution in [-0.2, 0) is 29.5 Å². The van der Waals surface area contributed by atoms with E-state index < -0.39 is 10.0 Å². The Balaban J connectivity index is 1.51. The molecule has 5 rings (SSSR count). The molecular weight excluding hydrogens is 510 g/mol. The number of hydrogen-bond acceptors (Lipinski definition) is 5. The molecule has 9 heteroatoms. The van der Waals surface area contributed by atoms with Crippen LogP contribution < -0.4 is 9.46 Å². The van der Waals surface area contributed by atoms with Gasteiger partial charge >= 0.3 is 0 Å². The highest BCUT2D eigenvalue weighted by Gasteiger charge is 2.26. The van der Waals surface area contributed by atoms with Crippen molar-refractivity contribution in [2.45, 2.75) is 43.4 Å². The van der Waals surface area contributed by atoms with Gasteiger partial charge in [0.1, 0.15) is 11.9 Å². The average Bonchev–Trinajstić information content (AvgIpc) is 3.41. The Bertz CT molecular complexity index is 1510. The zero-order valence-electron chi connectivity index (χ0n) is 20.0. The fourth-order valence-corrected chi connectivity index (χ4v) is 5.88. The van der Waals surface area contributed by atoms with Crippen molar-refractivity contribution in [2.75, 3.05) is 0 Å². The molecule has 0 spiro atoms. The third-order valence-corrected chi connectivity index (χ3v) is 8.07. The molecule has 0 bridgehead atoms. The van der Waals surface area contributed by atoms with Gasteiger partial charge in [-0.05, 0) is 54.3 Å². The summed E-state index contributed by atoms with van der Waals surface area (Å²) < 4.78 is 37.3. The fraction of sp³-hybridized carbons (Fsp3) is 0.214. The normalized spacial score (nSPS) is 14.2. The minimum atomic E-state index is -3.85. The van der Waals surface area contributed by atoms with E-state index in [9.17, 15) is 13.2 Å². The van der Waals surface area contributed by atoms with E-state index in [1.54, 1.807) is 36.8 Å². The van der Waals surface area contributed by atoms with Gasteiger partial charge in [0.15, 0.2) is 5.78 Å². The van der Waals surface area contributed by atoms with Crippen molar-refractivity contribution >= 4 is 27.4 Å². The number of carbonyl (C=O) groups is 1. The smallest absolute Gasteiger partial charge is 0.240 e. The Hall–Kier alpha value is -3.46. The second-order valence-corrected chi connectivity index (χ2v) is 11.1. The fourth-order valence-electron chi connectivity index (χ4n) is 4.59. The molecule has 1 atom stereocenters. The van der Waals surface area contributed by atoms with Crippen LogP contribution >= 0.6 is 11.6 Å². The molecule has 1 aliphatic carbocycles. The minimum absolute atomic E-state index is 0.0206. The van der Waals surface area contributed by atoms with Gasteiger partial charge in [-0.1, -0.05) is 48.0 Å². The third kappa shape index (κ3) is 5.77. The molecule has 3 aromatic carbocycles. The molecule has 7 nitrogen and oxygen atoms in total. The van der Waals surface area contributed by atoms with E-state index in [1.165, 1.54) is 12.1 Å². The van der Waals surface area contributed by atoms with Crippen LogP contribution in [0.25, 0.3) is 0 Å². The summed E-state index contributed by atoms with van der Waals surface area (Å²) in [4.78, 5) is 16.9. The molecule has 0 aliphatic heterocycles. The lowest BCUT2D eigenvalue weighted by Gasteiger charge is -2.26. The number of sulfonamides is 1. The summed E-state index contributed by atoms with van der Waals surface area (Å²) in [7, 11) is -3.85. The molecule has 1 N–H and O–H groups in total. The van der Waals surface area contributed by atoms with E-state index in [1.807, 2.05) is 41.1 Å². The van der Waals surface area contributed by atoms with Crippen molar-refractivity contribution in [2.24, 2.45) is 0 Å². The Morgan fingerprint density at radius 3 is 2.65 bits per heavy atom. The lowest BCUT2D eigenvalue weighted by atomic mass is 9.87. The Morgan fingerprint density at radius 2 is 1.89 bits per heavy atom. The van der Waals surface area contributed by atoms with Gasteiger partial charge in [-0.2, -0.15) is 0 Å². The van der Waals surface area contributed by atoms with E-state index >= 15 is 0 Å². The van der Waals surface area contributed by atoms with Crippen LogP contribution in [0.4, 0.5) is 0 Å². The predicted octanol–water partition coefficient (Wildman–Crippen LogP) is 5.35. The van der Waals surface area contributed by atoms with Gasteiger partial charge in [0.25, 0.3) is 0 Å². The van der Waals surface area contributed by atoms with Gasteiger partial charge in [0, 0.05) is 41.5 Å². The second kappa shape index (κ2) is 10.9. The number of Topliss-reactive ketones (excluding diaryl/α,β-unsaturated/α-hetero) is 1. The second-order valence-electron chi connectivity index (χ2n) is 8.90. The first-order valence-electron chi connectivity index (χ1n) is 12.0. The molecule has 1 aromatic heterocycles. The summed E-state index contributed by atoms with van der Waals surface area (Å²) in [6.07, 6.45) is 6.80. The first kappa shape index (κ1) is 25.2. The highest BCUT2D eigenvalue weighted by Crippen LogP contribution is 2.34. The number of rotatable bonds is 9. The Labute approximate surface area is 221 Å². The molecule has 1 aliphatic rings. The Kier molecular flexibility index (Phi) is 7.41. The molecule has 4 aromatic rings. The summed E-state index contributed by atoms with van der Waals surface area (Å²) in [5.41, 5.74) is 3.09. The molecule has 0 fully saturated rings. The quantitative estimate of drug-likeness (QED) is 0.312. The summed E-state index contributed by atoms with van der Waals surface area (Å²) in [5.74, 6) is 0.598. The van der Waals surface area contributed by atoms with Gasteiger partial charge in [-0.3, -0.25) is 4.79 Å². The Morgan fingerprint density at radius 1 is 1.05 bits per heavy atom. The van der Waals surface area contributed by atoms with Gasteiger partial charge in [-0.15, -0.1) is 0 Å². The topological polar surface area (TPSA) is 90.3 Å². The van der Waals surface area contributed by atoms with Gasteiger partial charge in [-0.25, -0.2) is 18.1 Å². The summed E-state index contributed by atoms with van der Waals surface area (Å²) in [6, 6.07) is 19.5. The number of carbonyl (C=O) groups excluding carboxylic acids is 1. The molecular formula is C28H26ClN3O4S. The number of nitrogens with zero attached hydrogens (tertiary/aromatic N) is 2. The maximum absolute atomic E-state index is 13.1. The largest absolute Gasteiger partial charge is 0.484 e. The van der Waals surface area contributed by atoms with Gasteiger partial charge < -0.3 is 9.30 Å². The molecule has 37 heavy (non-hydrogen) atoms. The number of hydrogen-bond donors (Lipinski definition) is 1. The van der Waals surface area contributed by atoms with E-state index in [4.69, 9.17) is 16.3 Å². The van der Waals surface area contributed by atoms with Crippen molar-refractivity contribution in [3.63, 3.8) is 0 Å². The van der Waals surface area contributed by atoms with Crippen LogP contribution in [0.2, 0.25) is 5.02 Å². The van der Waals surface area contributed by atoms with Crippen molar-refractivity contribution in [1.29, 1.82) is 0 Å². The van der Waals surface area contributed by atoms with Crippen LogP contribution in [0.3, 0.4) is 0 Å². The number of fused-ring (bicyclic) bond motifs is 1. The summed E-state index contributed by atoms with van der Waals surface area (Å²) in [5, 5.41) is 0.333. The standard InChI is InChI=1S/C28H26ClN3O4S/c29-21-8-4-9-22(16-21)37(34,35)31-17-25-23-10-5-11-26(33)24(23)12-13-27(25)36-28(18-32-15-14-30-19-32)20-6-2-1-3-7-20/h1-4,6-9,12-16,19,28,31H,5,10-11,17-18H2. The first-order valence-corrected chi connectivity index (χ1v) is 13.9. The number of ether oxygens (including phenoxy) is 1. The number of ketones is 1. The lowest BCUT2D eigenvalue weighted by Crippen LogP contribution is -2.26. The van der Waals surface area contributed by atoms with Crippen LogP contribution in [0, 0.1) is 0 Å². The van der Waals surface area contributed by atoms with E-state index in [0.717, 1.165) is 11.1 Å². The summed E-state index contributed by atoms with van der Waals surface area (Å²) in [6.45, 7) is 0.487. The molecule has 0 saturated heterocycles. The maximum atomic E-state index is 13.1. The van der Waals surface area contributed by atoms with Crippen LogP contribution in [0.15, 0.2) is 90.3 Å². The zero-order chi connectivity index (χ0) is 25.8. The van der Waals surface area contributed by atoms with Crippen molar-refractivity contribution < 1.29 is 17.9 Å². The van der Waals surface area contributed by atoms with E-state index in [2.05, 4.69) is 9.71 Å². The van der Waals surface area contributed by atoms with Crippen LogP contribution in [0.1, 0.15) is 46.0 Å². The van der Waals surface area contributed by atoms with Crippen molar-refractivity contribution in [1.82, 2.24) is 14.3 Å². The first-order chi connectivity index (χ1) is 17.9. The molecule has 190 valence electrons. The highest BCUT2D eigenvalue weighted by molar-refractivity contribution is 7.89. The number of halogens is 1. The van der Waals surface area contributed by atoms with Gasteiger partial charge in [0.2, 0.25) is 10.0 Å². The van der Waals surface area contributed by atoms with Gasteiger partial charge in [0.05, 0.1) is 17.8 Å².